The molecule has 0 radical (unpaired) electrons. The molecule has 2 rings (SSSR count). The van der Waals surface area contributed by atoms with Crippen molar-refractivity contribution in [1.82, 2.24) is 0 Å². The zero-order valence-electron chi connectivity index (χ0n) is 8.40. The van der Waals surface area contributed by atoms with Gasteiger partial charge in [-0.25, -0.2) is 9.18 Å². The Morgan fingerprint density at radius 3 is 3.06 bits per heavy atom. The molecular weight excluding hydrogens is 213 g/mol. The predicted molar refractivity (Wildman–Crippen MR) is 55.4 cm³/mol. The smallest absolute Gasteiger partial charge is 0.404 e. The van der Waals surface area contributed by atoms with E-state index < -0.39 is 6.09 Å². The van der Waals surface area contributed by atoms with Crippen LogP contribution < -0.4 is 5.73 Å². The molecule has 2 aromatic rings. The van der Waals surface area contributed by atoms with Crippen molar-refractivity contribution in [3.05, 3.63) is 35.8 Å². The maximum absolute atomic E-state index is 13.5. The summed E-state index contributed by atoms with van der Waals surface area (Å²) in [5.41, 5.74) is 5.76. The number of hydrogen-bond acceptors (Lipinski definition) is 3. The number of carbonyl (C=O) groups excluding carboxylic acids is 1. The van der Waals surface area contributed by atoms with E-state index >= 15 is 0 Å². The number of rotatable bonds is 3. The van der Waals surface area contributed by atoms with Crippen LogP contribution in [0.5, 0.6) is 0 Å². The first-order chi connectivity index (χ1) is 7.66. The quantitative estimate of drug-likeness (QED) is 0.867. The SMILES string of the molecule is NC(=O)OCCc1cc2ccoc2cc1F. The van der Waals surface area contributed by atoms with Crippen LogP contribution in [0.2, 0.25) is 0 Å². The number of benzene rings is 1. The summed E-state index contributed by atoms with van der Waals surface area (Å²) >= 11 is 0. The van der Waals surface area contributed by atoms with E-state index in [1.54, 1.807) is 12.1 Å². The molecule has 0 unspecified atom stereocenters. The molecule has 0 bridgehead atoms. The van der Waals surface area contributed by atoms with Crippen LogP contribution in [0.25, 0.3) is 11.0 Å². The van der Waals surface area contributed by atoms with E-state index in [-0.39, 0.29) is 18.8 Å². The molecule has 1 aromatic heterocycles. The van der Waals surface area contributed by atoms with Crippen LogP contribution in [-0.4, -0.2) is 12.7 Å². The number of primary amides is 1. The maximum atomic E-state index is 13.5. The zero-order valence-corrected chi connectivity index (χ0v) is 8.40. The highest BCUT2D eigenvalue weighted by atomic mass is 19.1. The average molecular weight is 223 g/mol. The predicted octanol–water partition coefficient (Wildman–Crippen LogP) is 2.21. The second-order valence-electron chi connectivity index (χ2n) is 3.32. The highest BCUT2D eigenvalue weighted by molar-refractivity contribution is 5.77. The lowest BCUT2D eigenvalue weighted by Crippen LogP contribution is -2.15. The van der Waals surface area contributed by atoms with Crippen molar-refractivity contribution >= 4 is 17.1 Å². The molecule has 0 spiro atoms. The second-order valence-corrected chi connectivity index (χ2v) is 3.32. The molecule has 0 aliphatic heterocycles. The van der Waals surface area contributed by atoms with Crippen LogP contribution in [-0.2, 0) is 11.2 Å². The molecule has 0 aliphatic carbocycles. The van der Waals surface area contributed by atoms with Gasteiger partial charge in [-0.3, -0.25) is 0 Å². The van der Waals surface area contributed by atoms with Crippen LogP contribution in [0.15, 0.2) is 28.9 Å². The van der Waals surface area contributed by atoms with Crippen LogP contribution in [0.4, 0.5) is 9.18 Å². The third-order valence-corrected chi connectivity index (χ3v) is 2.24. The van der Waals surface area contributed by atoms with Crippen molar-refractivity contribution < 1.29 is 18.3 Å². The van der Waals surface area contributed by atoms with Crippen molar-refractivity contribution in [2.45, 2.75) is 6.42 Å². The summed E-state index contributed by atoms with van der Waals surface area (Å²) in [7, 11) is 0. The molecule has 0 fully saturated rings. The van der Waals surface area contributed by atoms with E-state index in [0.29, 0.717) is 11.1 Å². The number of carbonyl (C=O) groups is 1. The number of fused-ring (bicyclic) bond motifs is 1. The average Bonchev–Trinajstić information content (AvgIpc) is 2.64. The first-order valence-electron chi connectivity index (χ1n) is 4.74. The van der Waals surface area contributed by atoms with Crippen LogP contribution in [0.3, 0.4) is 0 Å². The number of hydrogen-bond donors (Lipinski definition) is 1. The van der Waals surface area contributed by atoms with Gasteiger partial charge in [-0.05, 0) is 17.7 Å². The van der Waals surface area contributed by atoms with Crippen LogP contribution >= 0.6 is 0 Å². The molecule has 1 heterocycles. The fourth-order valence-corrected chi connectivity index (χ4v) is 1.49. The Hall–Kier alpha value is -2.04. The summed E-state index contributed by atoms with van der Waals surface area (Å²) in [5, 5.41) is 0.815. The van der Waals surface area contributed by atoms with E-state index in [1.807, 2.05) is 0 Å². The van der Waals surface area contributed by atoms with Gasteiger partial charge in [0, 0.05) is 17.9 Å². The fraction of sp³-hybridized carbons (Fsp3) is 0.182. The molecule has 0 aliphatic rings. The molecular formula is C11H10FNO3. The summed E-state index contributed by atoms with van der Waals surface area (Å²) in [5.74, 6) is -0.379. The Kier molecular flexibility index (Phi) is 2.76. The number of ether oxygens (including phenoxy) is 1. The van der Waals surface area contributed by atoms with E-state index in [1.165, 1.54) is 12.3 Å². The zero-order chi connectivity index (χ0) is 11.5. The summed E-state index contributed by atoms with van der Waals surface area (Å²) in [6.45, 7) is 0.0651. The number of halogens is 1. The van der Waals surface area contributed by atoms with Gasteiger partial charge in [0.1, 0.15) is 11.4 Å². The van der Waals surface area contributed by atoms with E-state index in [2.05, 4.69) is 4.74 Å². The molecule has 0 saturated heterocycles. The Morgan fingerprint density at radius 1 is 1.50 bits per heavy atom. The fourth-order valence-electron chi connectivity index (χ4n) is 1.49. The van der Waals surface area contributed by atoms with E-state index in [4.69, 9.17) is 10.2 Å². The third-order valence-electron chi connectivity index (χ3n) is 2.24. The Balaban J connectivity index is 2.16. The summed E-state index contributed by atoms with van der Waals surface area (Å²) in [4.78, 5) is 10.3. The lowest BCUT2D eigenvalue weighted by atomic mass is 10.1. The topological polar surface area (TPSA) is 65.5 Å². The van der Waals surface area contributed by atoms with Gasteiger partial charge in [0.25, 0.3) is 0 Å². The molecule has 84 valence electrons. The minimum Gasteiger partial charge on any atom is -0.464 e. The lowest BCUT2D eigenvalue weighted by Gasteiger charge is -2.03. The highest BCUT2D eigenvalue weighted by Gasteiger charge is 2.07. The van der Waals surface area contributed by atoms with Gasteiger partial charge in [0.15, 0.2) is 0 Å². The minimum atomic E-state index is -0.857. The molecule has 0 saturated carbocycles. The summed E-state index contributed by atoms with van der Waals surface area (Å²) in [6.07, 6.45) is 0.925. The Morgan fingerprint density at radius 2 is 2.31 bits per heavy atom. The van der Waals surface area contributed by atoms with Gasteiger partial charge in [-0.1, -0.05) is 0 Å². The van der Waals surface area contributed by atoms with Gasteiger partial charge in [0.05, 0.1) is 12.9 Å². The van der Waals surface area contributed by atoms with Gasteiger partial charge in [-0.2, -0.15) is 0 Å². The van der Waals surface area contributed by atoms with Crippen molar-refractivity contribution in [3.8, 4) is 0 Å². The van der Waals surface area contributed by atoms with Gasteiger partial charge < -0.3 is 14.9 Å². The molecule has 0 atom stereocenters. The highest BCUT2D eigenvalue weighted by Crippen LogP contribution is 2.20. The second kappa shape index (κ2) is 4.22. The van der Waals surface area contributed by atoms with E-state index in [0.717, 1.165) is 5.39 Å². The first kappa shape index (κ1) is 10.5. The van der Waals surface area contributed by atoms with Crippen molar-refractivity contribution in [3.63, 3.8) is 0 Å². The third kappa shape index (κ3) is 2.13. The van der Waals surface area contributed by atoms with Gasteiger partial charge >= 0.3 is 6.09 Å². The van der Waals surface area contributed by atoms with Gasteiger partial charge in [-0.15, -0.1) is 0 Å². The monoisotopic (exact) mass is 223 g/mol. The van der Waals surface area contributed by atoms with E-state index in [9.17, 15) is 9.18 Å². The molecule has 1 amide bonds. The summed E-state index contributed by atoms with van der Waals surface area (Å²) in [6, 6.07) is 4.72. The molecule has 4 nitrogen and oxygen atoms in total. The largest absolute Gasteiger partial charge is 0.464 e. The Labute approximate surface area is 90.8 Å². The normalized spacial score (nSPS) is 10.6. The number of furan rings is 1. The van der Waals surface area contributed by atoms with Gasteiger partial charge in [0.2, 0.25) is 0 Å². The minimum absolute atomic E-state index is 0.0651. The Bertz CT molecular complexity index is 521. The summed E-state index contributed by atoms with van der Waals surface area (Å²) < 4.78 is 23.1. The van der Waals surface area contributed by atoms with Crippen molar-refractivity contribution in [2.75, 3.05) is 6.61 Å². The number of amides is 1. The first-order valence-corrected chi connectivity index (χ1v) is 4.74. The molecule has 16 heavy (non-hydrogen) atoms. The van der Waals surface area contributed by atoms with Crippen LogP contribution in [0, 0.1) is 5.82 Å². The van der Waals surface area contributed by atoms with Crippen molar-refractivity contribution in [1.29, 1.82) is 0 Å². The molecule has 2 N–H and O–H groups in total. The number of nitrogens with two attached hydrogens (primary N) is 1. The standard InChI is InChI=1S/C11H10FNO3/c12-9-6-10-8(2-3-15-10)5-7(9)1-4-16-11(13)14/h2-3,5-6H,1,4H2,(H2,13,14). The molecule has 5 heteroatoms. The van der Waals surface area contributed by atoms with Crippen molar-refractivity contribution in [2.24, 2.45) is 5.73 Å². The molecule has 1 aromatic carbocycles. The lowest BCUT2D eigenvalue weighted by molar-refractivity contribution is 0.158. The maximum Gasteiger partial charge on any atom is 0.404 e. The van der Waals surface area contributed by atoms with Crippen LogP contribution in [0.1, 0.15) is 5.56 Å².